The molecular formula is C21H28N2O3S2. The summed E-state index contributed by atoms with van der Waals surface area (Å²) >= 11 is 1.60. The minimum absolute atomic E-state index is 0.00689. The normalized spacial score (nSPS) is 15.7. The van der Waals surface area contributed by atoms with Crippen molar-refractivity contribution in [3.8, 4) is 0 Å². The van der Waals surface area contributed by atoms with E-state index in [2.05, 4.69) is 13.8 Å². The Morgan fingerprint density at radius 2 is 1.75 bits per heavy atom. The Bertz CT molecular complexity index is 899. The van der Waals surface area contributed by atoms with E-state index in [9.17, 15) is 13.2 Å². The number of nitrogens with zero attached hydrogens (tertiary/aromatic N) is 2. The molecule has 3 rings (SSSR count). The second-order valence-electron chi connectivity index (χ2n) is 7.10. The summed E-state index contributed by atoms with van der Waals surface area (Å²) in [5.74, 6) is 0.0367. The predicted molar refractivity (Wildman–Crippen MR) is 114 cm³/mol. The van der Waals surface area contributed by atoms with Crippen LogP contribution in [0.15, 0.2) is 36.4 Å². The lowest BCUT2D eigenvalue weighted by atomic mass is 10.1. The number of carbonyl (C=O) groups is 1. The smallest absolute Gasteiger partial charge is 0.264 e. The number of rotatable bonds is 7. The molecule has 1 aliphatic rings. The third-order valence-corrected chi connectivity index (χ3v) is 8.15. The van der Waals surface area contributed by atoms with Gasteiger partial charge in [-0.15, -0.1) is 11.3 Å². The standard InChI is InChI=1S/C21H28N2O3S2/c1-3-8-19-18(4-2)15-20(27-19)21(24)22-11-13-23(14-12-22)28(25,26)16-17-9-6-5-7-10-17/h5-7,9-10,15H,3-4,8,11-14,16H2,1-2H3. The van der Waals surface area contributed by atoms with Crippen LogP contribution >= 0.6 is 11.3 Å². The highest BCUT2D eigenvalue weighted by Crippen LogP contribution is 2.26. The molecule has 0 aliphatic carbocycles. The summed E-state index contributed by atoms with van der Waals surface area (Å²) in [7, 11) is -3.37. The Morgan fingerprint density at radius 1 is 1.07 bits per heavy atom. The topological polar surface area (TPSA) is 57.7 Å². The van der Waals surface area contributed by atoms with Gasteiger partial charge < -0.3 is 4.90 Å². The van der Waals surface area contributed by atoms with Crippen LogP contribution in [0.2, 0.25) is 0 Å². The minimum Gasteiger partial charge on any atom is -0.335 e. The number of carbonyl (C=O) groups excluding carboxylic acids is 1. The van der Waals surface area contributed by atoms with Gasteiger partial charge in [-0.1, -0.05) is 50.6 Å². The van der Waals surface area contributed by atoms with Crippen molar-refractivity contribution < 1.29 is 13.2 Å². The fourth-order valence-electron chi connectivity index (χ4n) is 3.51. The van der Waals surface area contributed by atoms with E-state index in [4.69, 9.17) is 0 Å². The van der Waals surface area contributed by atoms with Crippen LogP contribution in [0.3, 0.4) is 0 Å². The highest BCUT2D eigenvalue weighted by atomic mass is 32.2. The molecule has 7 heteroatoms. The van der Waals surface area contributed by atoms with E-state index < -0.39 is 10.0 Å². The third kappa shape index (κ3) is 4.82. The maximum absolute atomic E-state index is 12.9. The van der Waals surface area contributed by atoms with Crippen LogP contribution in [0.4, 0.5) is 0 Å². The SMILES string of the molecule is CCCc1sc(C(=O)N2CCN(S(=O)(=O)Cc3ccccc3)CC2)cc1CC. The van der Waals surface area contributed by atoms with Crippen molar-refractivity contribution in [3.05, 3.63) is 57.3 Å². The average molecular weight is 421 g/mol. The molecule has 1 saturated heterocycles. The number of sulfonamides is 1. The molecule has 152 valence electrons. The highest BCUT2D eigenvalue weighted by molar-refractivity contribution is 7.88. The van der Waals surface area contributed by atoms with Crippen molar-refractivity contribution in [2.24, 2.45) is 0 Å². The number of piperazine rings is 1. The van der Waals surface area contributed by atoms with E-state index in [0.717, 1.165) is 29.7 Å². The number of hydrogen-bond acceptors (Lipinski definition) is 4. The van der Waals surface area contributed by atoms with Crippen molar-refractivity contribution in [1.29, 1.82) is 0 Å². The Kier molecular flexibility index (Phi) is 6.91. The second-order valence-corrected chi connectivity index (χ2v) is 10.2. The van der Waals surface area contributed by atoms with Crippen LogP contribution in [0.25, 0.3) is 0 Å². The lowest BCUT2D eigenvalue weighted by Crippen LogP contribution is -2.50. The van der Waals surface area contributed by atoms with Gasteiger partial charge in [-0.25, -0.2) is 8.42 Å². The monoisotopic (exact) mass is 420 g/mol. The van der Waals surface area contributed by atoms with E-state index in [0.29, 0.717) is 26.2 Å². The zero-order chi connectivity index (χ0) is 20.1. The van der Waals surface area contributed by atoms with Crippen molar-refractivity contribution in [2.45, 2.75) is 38.9 Å². The van der Waals surface area contributed by atoms with Gasteiger partial charge in [-0.2, -0.15) is 4.31 Å². The summed E-state index contributed by atoms with van der Waals surface area (Å²) < 4.78 is 26.9. The van der Waals surface area contributed by atoms with Gasteiger partial charge >= 0.3 is 0 Å². The summed E-state index contributed by atoms with van der Waals surface area (Å²) in [6, 6.07) is 11.2. The Morgan fingerprint density at radius 3 is 2.36 bits per heavy atom. The van der Waals surface area contributed by atoms with Gasteiger partial charge in [0.05, 0.1) is 10.6 Å². The zero-order valence-electron chi connectivity index (χ0n) is 16.6. The first kappa shape index (κ1) is 21.0. The van der Waals surface area contributed by atoms with Gasteiger partial charge in [-0.3, -0.25) is 4.79 Å². The van der Waals surface area contributed by atoms with Crippen LogP contribution in [0.1, 0.15) is 45.9 Å². The number of benzene rings is 1. The molecule has 2 heterocycles. The van der Waals surface area contributed by atoms with E-state index in [-0.39, 0.29) is 11.7 Å². The summed E-state index contributed by atoms with van der Waals surface area (Å²) in [5.41, 5.74) is 2.05. The molecule has 5 nitrogen and oxygen atoms in total. The first-order valence-corrected chi connectivity index (χ1v) is 12.3. The van der Waals surface area contributed by atoms with E-state index >= 15 is 0 Å². The number of aryl methyl sites for hydroxylation is 2. The maximum atomic E-state index is 12.9. The molecule has 0 saturated carbocycles. The molecule has 0 N–H and O–H groups in total. The second kappa shape index (κ2) is 9.20. The van der Waals surface area contributed by atoms with Gasteiger partial charge in [-0.05, 0) is 30.0 Å². The Hall–Kier alpha value is -1.70. The first-order chi connectivity index (χ1) is 13.4. The molecule has 0 bridgehead atoms. The first-order valence-electron chi connectivity index (χ1n) is 9.87. The lowest BCUT2D eigenvalue weighted by Gasteiger charge is -2.33. The predicted octanol–water partition coefficient (Wildman–Crippen LogP) is 3.55. The molecule has 1 aromatic heterocycles. The molecule has 28 heavy (non-hydrogen) atoms. The lowest BCUT2D eigenvalue weighted by molar-refractivity contribution is 0.0702. The van der Waals surface area contributed by atoms with Crippen molar-refractivity contribution in [2.75, 3.05) is 26.2 Å². The van der Waals surface area contributed by atoms with Crippen molar-refractivity contribution >= 4 is 27.3 Å². The molecular weight excluding hydrogens is 392 g/mol. The Balaban J connectivity index is 1.62. The summed E-state index contributed by atoms with van der Waals surface area (Å²) in [6.45, 7) is 5.86. The summed E-state index contributed by atoms with van der Waals surface area (Å²) in [4.78, 5) is 16.8. The van der Waals surface area contributed by atoms with Gasteiger partial charge in [0.1, 0.15) is 0 Å². The molecule has 0 radical (unpaired) electrons. The van der Waals surface area contributed by atoms with E-state index in [1.807, 2.05) is 36.4 Å². The number of hydrogen-bond donors (Lipinski definition) is 0. The van der Waals surface area contributed by atoms with Crippen LogP contribution in [0, 0.1) is 0 Å². The van der Waals surface area contributed by atoms with E-state index in [1.54, 1.807) is 16.2 Å². The van der Waals surface area contributed by atoms with Gasteiger partial charge in [0.2, 0.25) is 10.0 Å². The molecule has 0 atom stereocenters. The van der Waals surface area contributed by atoms with Gasteiger partial charge in [0.15, 0.2) is 0 Å². The van der Waals surface area contributed by atoms with Crippen LogP contribution in [0.5, 0.6) is 0 Å². The fraction of sp³-hybridized carbons (Fsp3) is 0.476. The molecule has 1 aromatic carbocycles. The zero-order valence-corrected chi connectivity index (χ0v) is 18.2. The van der Waals surface area contributed by atoms with Crippen LogP contribution in [-0.2, 0) is 28.6 Å². The van der Waals surface area contributed by atoms with Crippen LogP contribution < -0.4 is 0 Å². The summed E-state index contributed by atoms with van der Waals surface area (Å²) in [5, 5.41) is 0. The quantitative estimate of drug-likeness (QED) is 0.688. The minimum atomic E-state index is -3.37. The van der Waals surface area contributed by atoms with Gasteiger partial charge in [0.25, 0.3) is 5.91 Å². The molecule has 1 fully saturated rings. The van der Waals surface area contributed by atoms with Crippen molar-refractivity contribution in [3.63, 3.8) is 0 Å². The molecule has 2 aromatic rings. The maximum Gasteiger partial charge on any atom is 0.264 e. The third-order valence-electron chi connectivity index (χ3n) is 5.08. The number of thiophene rings is 1. The fourth-order valence-corrected chi connectivity index (χ4v) is 6.35. The average Bonchev–Trinajstić information content (AvgIpc) is 3.11. The number of amides is 1. The van der Waals surface area contributed by atoms with Crippen LogP contribution in [-0.4, -0.2) is 49.7 Å². The van der Waals surface area contributed by atoms with E-state index in [1.165, 1.54) is 14.7 Å². The van der Waals surface area contributed by atoms with Gasteiger partial charge in [0, 0.05) is 31.1 Å². The Labute approximate surface area is 172 Å². The van der Waals surface area contributed by atoms with Crippen molar-refractivity contribution in [1.82, 2.24) is 9.21 Å². The molecule has 1 amide bonds. The molecule has 1 aliphatic heterocycles. The molecule has 0 unspecified atom stereocenters. The highest BCUT2D eigenvalue weighted by Gasteiger charge is 2.30. The summed E-state index contributed by atoms with van der Waals surface area (Å²) in [6.07, 6.45) is 3.01. The molecule has 0 spiro atoms. The largest absolute Gasteiger partial charge is 0.335 e.